The van der Waals surface area contributed by atoms with Crippen LogP contribution in [0.2, 0.25) is 0 Å². The van der Waals surface area contributed by atoms with E-state index in [9.17, 15) is 4.79 Å². The molecule has 0 bridgehead atoms. The van der Waals surface area contributed by atoms with Crippen molar-refractivity contribution in [3.8, 4) is 0 Å². The summed E-state index contributed by atoms with van der Waals surface area (Å²) in [7, 11) is 1.88. The topological polar surface area (TPSA) is 47.8 Å². The molecule has 0 aliphatic carbocycles. The number of aromatic nitrogens is 3. The van der Waals surface area contributed by atoms with Crippen LogP contribution in [-0.2, 0) is 7.05 Å². The summed E-state index contributed by atoms with van der Waals surface area (Å²) < 4.78 is 1.86. The molecule has 0 radical (unpaired) electrons. The summed E-state index contributed by atoms with van der Waals surface area (Å²) in [6.45, 7) is 1.89. The number of aldehydes is 1. The lowest BCUT2D eigenvalue weighted by Gasteiger charge is -1.94. The highest BCUT2D eigenvalue weighted by Gasteiger charge is 2.08. The second kappa shape index (κ2) is 2.65. The standard InChI is InChI=1S/C9H9N3O/c1-6-11-8-7(5-13)3-4-10-9(8)12(6)2/h3-5H,1-2H3. The van der Waals surface area contributed by atoms with E-state index in [0.717, 1.165) is 17.8 Å². The number of carbonyl (C=O) groups is 1. The van der Waals surface area contributed by atoms with E-state index < -0.39 is 0 Å². The first-order valence-electron chi connectivity index (χ1n) is 3.97. The molecule has 0 atom stereocenters. The first kappa shape index (κ1) is 7.91. The van der Waals surface area contributed by atoms with Crippen LogP contribution in [0.1, 0.15) is 16.2 Å². The predicted octanol–water partition coefficient (Wildman–Crippen LogP) is 1.09. The largest absolute Gasteiger partial charge is 0.316 e. The normalized spacial score (nSPS) is 10.6. The molecule has 0 spiro atoms. The van der Waals surface area contributed by atoms with E-state index in [1.54, 1.807) is 12.3 Å². The Balaban J connectivity index is 2.92. The van der Waals surface area contributed by atoms with Crippen LogP contribution < -0.4 is 0 Å². The average molecular weight is 175 g/mol. The minimum atomic E-state index is 0.591. The number of pyridine rings is 1. The molecule has 2 aromatic heterocycles. The predicted molar refractivity (Wildman–Crippen MR) is 48.6 cm³/mol. The van der Waals surface area contributed by atoms with Gasteiger partial charge in [-0.1, -0.05) is 0 Å². The van der Waals surface area contributed by atoms with Crippen molar-refractivity contribution in [2.45, 2.75) is 6.92 Å². The van der Waals surface area contributed by atoms with Gasteiger partial charge in [0.1, 0.15) is 11.3 Å². The quantitative estimate of drug-likeness (QED) is 0.609. The second-order valence-electron chi connectivity index (χ2n) is 2.91. The molecule has 0 aliphatic rings. The molecule has 0 N–H and O–H groups in total. The van der Waals surface area contributed by atoms with Crippen LogP contribution in [0.3, 0.4) is 0 Å². The van der Waals surface area contributed by atoms with Crippen LogP contribution in [0.15, 0.2) is 12.3 Å². The molecule has 0 unspecified atom stereocenters. The zero-order valence-corrected chi connectivity index (χ0v) is 7.48. The Kier molecular flexibility index (Phi) is 1.62. The van der Waals surface area contributed by atoms with Gasteiger partial charge in [0.2, 0.25) is 0 Å². The molecule has 2 heterocycles. The van der Waals surface area contributed by atoms with Gasteiger partial charge in [-0.15, -0.1) is 0 Å². The maximum Gasteiger partial charge on any atom is 0.160 e. The molecule has 13 heavy (non-hydrogen) atoms. The summed E-state index contributed by atoms with van der Waals surface area (Å²) in [5.41, 5.74) is 2.02. The number of fused-ring (bicyclic) bond motifs is 1. The lowest BCUT2D eigenvalue weighted by atomic mass is 10.3. The van der Waals surface area contributed by atoms with Crippen molar-refractivity contribution in [3.05, 3.63) is 23.7 Å². The number of nitrogens with zero attached hydrogens (tertiary/aromatic N) is 3. The fourth-order valence-electron chi connectivity index (χ4n) is 1.30. The number of rotatable bonds is 1. The Morgan fingerprint density at radius 1 is 1.54 bits per heavy atom. The van der Waals surface area contributed by atoms with E-state index >= 15 is 0 Å². The van der Waals surface area contributed by atoms with Crippen LogP contribution in [0.25, 0.3) is 11.2 Å². The van der Waals surface area contributed by atoms with Gasteiger partial charge in [0, 0.05) is 18.8 Å². The zero-order valence-electron chi connectivity index (χ0n) is 7.48. The van der Waals surface area contributed by atoms with Crippen molar-refractivity contribution in [1.29, 1.82) is 0 Å². The minimum Gasteiger partial charge on any atom is -0.316 e. The number of hydrogen-bond donors (Lipinski definition) is 0. The maximum atomic E-state index is 10.7. The molecule has 66 valence electrons. The summed E-state index contributed by atoms with van der Waals surface area (Å²) in [6.07, 6.45) is 2.42. The van der Waals surface area contributed by atoms with Gasteiger partial charge in [-0.25, -0.2) is 9.97 Å². The van der Waals surface area contributed by atoms with Crippen LogP contribution in [-0.4, -0.2) is 20.8 Å². The van der Waals surface area contributed by atoms with E-state index in [-0.39, 0.29) is 0 Å². The van der Waals surface area contributed by atoms with Crippen molar-refractivity contribution in [2.75, 3.05) is 0 Å². The van der Waals surface area contributed by atoms with Gasteiger partial charge in [-0.05, 0) is 13.0 Å². The van der Waals surface area contributed by atoms with Gasteiger partial charge in [0.05, 0.1) is 0 Å². The molecule has 4 nitrogen and oxygen atoms in total. The fraction of sp³-hybridized carbons (Fsp3) is 0.222. The third-order valence-electron chi connectivity index (χ3n) is 2.14. The summed E-state index contributed by atoms with van der Waals surface area (Å²) in [5, 5.41) is 0. The van der Waals surface area contributed by atoms with Crippen LogP contribution in [0, 0.1) is 6.92 Å². The number of aryl methyl sites for hydroxylation is 2. The average Bonchev–Trinajstić information content (AvgIpc) is 2.43. The number of hydrogen-bond acceptors (Lipinski definition) is 3. The van der Waals surface area contributed by atoms with Crippen molar-refractivity contribution >= 4 is 17.5 Å². The van der Waals surface area contributed by atoms with E-state index in [2.05, 4.69) is 9.97 Å². The SMILES string of the molecule is Cc1nc2c(C=O)ccnc2n1C. The summed E-state index contributed by atoms with van der Waals surface area (Å²) in [6, 6.07) is 1.67. The monoisotopic (exact) mass is 175 g/mol. The Morgan fingerprint density at radius 3 is 3.00 bits per heavy atom. The number of carbonyl (C=O) groups excluding carboxylic acids is 1. The van der Waals surface area contributed by atoms with E-state index in [1.165, 1.54) is 0 Å². The maximum absolute atomic E-state index is 10.7. The molecule has 0 aliphatic heterocycles. The van der Waals surface area contributed by atoms with Crippen LogP contribution in [0.5, 0.6) is 0 Å². The highest BCUT2D eigenvalue weighted by Crippen LogP contribution is 2.14. The molecule has 2 rings (SSSR count). The Bertz CT molecular complexity index is 473. The lowest BCUT2D eigenvalue weighted by Crippen LogP contribution is -1.92. The van der Waals surface area contributed by atoms with Gasteiger partial charge >= 0.3 is 0 Å². The first-order valence-corrected chi connectivity index (χ1v) is 3.97. The van der Waals surface area contributed by atoms with Gasteiger partial charge in [0.15, 0.2) is 11.9 Å². The van der Waals surface area contributed by atoms with E-state index in [0.29, 0.717) is 11.1 Å². The van der Waals surface area contributed by atoms with Gasteiger partial charge < -0.3 is 4.57 Å². The van der Waals surface area contributed by atoms with Crippen molar-refractivity contribution in [2.24, 2.45) is 7.05 Å². The van der Waals surface area contributed by atoms with Crippen molar-refractivity contribution in [1.82, 2.24) is 14.5 Å². The molecular formula is C9H9N3O. The van der Waals surface area contributed by atoms with Crippen LogP contribution in [0.4, 0.5) is 0 Å². The minimum absolute atomic E-state index is 0.591. The van der Waals surface area contributed by atoms with Gasteiger partial charge in [-0.2, -0.15) is 0 Å². The van der Waals surface area contributed by atoms with Crippen molar-refractivity contribution in [3.63, 3.8) is 0 Å². The molecule has 0 amide bonds. The van der Waals surface area contributed by atoms with Crippen LogP contribution >= 0.6 is 0 Å². The van der Waals surface area contributed by atoms with Crippen molar-refractivity contribution < 1.29 is 4.79 Å². The molecular weight excluding hydrogens is 166 g/mol. The van der Waals surface area contributed by atoms with E-state index in [4.69, 9.17) is 0 Å². The zero-order chi connectivity index (χ0) is 9.42. The Morgan fingerprint density at radius 2 is 2.31 bits per heavy atom. The van der Waals surface area contributed by atoms with Gasteiger partial charge in [-0.3, -0.25) is 4.79 Å². The third kappa shape index (κ3) is 1.02. The Hall–Kier alpha value is -1.71. The Labute approximate surface area is 75.2 Å². The van der Waals surface area contributed by atoms with E-state index in [1.807, 2.05) is 18.5 Å². The molecule has 0 saturated heterocycles. The second-order valence-corrected chi connectivity index (χ2v) is 2.91. The third-order valence-corrected chi connectivity index (χ3v) is 2.14. The summed E-state index contributed by atoms with van der Waals surface area (Å²) >= 11 is 0. The molecule has 0 fully saturated rings. The highest BCUT2D eigenvalue weighted by molar-refractivity contribution is 5.92. The lowest BCUT2D eigenvalue weighted by molar-refractivity contribution is 0.112. The fourth-order valence-corrected chi connectivity index (χ4v) is 1.30. The van der Waals surface area contributed by atoms with Gasteiger partial charge in [0.25, 0.3) is 0 Å². The molecule has 0 aromatic carbocycles. The first-order chi connectivity index (χ1) is 6.24. The smallest absolute Gasteiger partial charge is 0.160 e. The summed E-state index contributed by atoms with van der Waals surface area (Å²) in [4.78, 5) is 19.1. The molecule has 2 aromatic rings. The summed E-state index contributed by atoms with van der Waals surface area (Å²) in [5.74, 6) is 0.858. The number of imidazole rings is 1. The highest BCUT2D eigenvalue weighted by atomic mass is 16.1. The molecule has 0 saturated carbocycles. The molecule has 4 heteroatoms.